The molecule has 3 rings (SSSR count). The zero-order valence-corrected chi connectivity index (χ0v) is 15.5. The van der Waals surface area contributed by atoms with E-state index in [2.05, 4.69) is 0 Å². The van der Waals surface area contributed by atoms with Gasteiger partial charge in [0.25, 0.3) is 5.91 Å². The number of amides is 1. The molecule has 2 aliphatic heterocycles. The first-order chi connectivity index (χ1) is 12.7. The molecule has 1 atom stereocenters. The van der Waals surface area contributed by atoms with Crippen LogP contribution >= 0.6 is 0 Å². The molecule has 26 heavy (non-hydrogen) atoms. The predicted octanol–water partition coefficient (Wildman–Crippen LogP) is 2.27. The van der Waals surface area contributed by atoms with Gasteiger partial charge in [0, 0.05) is 33.2 Å². The van der Waals surface area contributed by atoms with Crippen molar-refractivity contribution in [2.45, 2.75) is 37.4 Å². The molecule has 0 saturated carbocycles. The number of carbonyl (C=O) groups is 1. The molecule has 0 N–H and O–H groups in total. The van der Waals surface area contributed by atoms with Crippen LogP contribution in [0.25, 0.3) is 0 Å². The summed E-state index contributed by atoms with van der Waals surface area (Å²) in [5.41, 5.74) is -0.146. The first kappa shape index (κ1) is 19.1. The van der Waals surface area contributed by atoms with Gasteiger partial charge in [-0.2, -0.15) is 0 Å². The number of benzene rings is 1. The zero-order valence-electron chi connectivity index (χ0n) is 15.5. The standard InChI is InChI=1S/C20H29NO5/c1-23-13-14-24-18-7-12-26-20(15-18)8-10-21(11-9-20)19(22)16-25-17-5-3-2-4-6-17/h2-6,18H,7-16H2,1H3. The van der Waals surface area contributed by atoms with Gasteiger partial charge in [-0.15, -0.1) is 0 Å². The zero-order chi connectivity index (χ0) is 18.2. The van der Waals surface area contributed by atoms with Gasteiger partial charge < -0.3 is 23.8 Å². The van der Waals surface area contributed by atoms with Crippen molar-refractivity contribution < 1.29 is 23.7 Å². The van der Waals surface area contributed by atoms with Crippen LogP contribution in [0.4, 0.5) is 0 Å². The van der Waals surface area contributed by atoms with E-state index in [4.69, 9.17) is 18.9 Å². The maximum absolute atomic E-state index is 12.4. The van der Waals surface area contributed by atoms with Crippen LogP contribution in [0.1, 0.15) is 25.7 Å². The van der Waals surface area contributed by atoms with E-state index in [-0.39, 0.29) is 24.2 Å². The third-order valence-corrected chi connectivity index (χ3v) is 5.22. The van der Waals surface area contributed by atoms with Gasteiger partial charge in [-0.1, -0.05) is 18.2 Å². The molecule has 2 heterocycles. The Bertz CT molecular complexity index is 557. The Kier molecular flexibility index (Phi) is 6.88. The largest absolute Gasteiger partial charge is 0.484 e. The van der Waals surface area contributed by atoms with E-state index < -0.39 is 0 Å². The Labute approximate surface area is 155 Å². The van der Waals surface area contributed by atoms with Crippen molar-refractivity contribution in [3.8, 4) is 5.75 Å². The van der Waals surface area contributed by atoms with Crippen LogP contribution in [0, 0.1) is 0 Å². The van der Waals surface area contributed by atoms with E-state index in [0.29, 0.717) is 26.3 Å². The highest BCUT2D eigenvalue weighted by Gasteiger charge is 2.41. The molecule has 2 saturated heterocycles. The minimum Gasteiger partial charge on any atom is -0.484 e. The Balaban J connectivity index is 1.43. The fraction of sp³-hybridized carbons (Fsp3) is 0.650. The lowest BCUT2D eigenvalue weighted by atomic mass is 9.83. The SMILES string of the molecule is COCCOC1CCOC2(CCN(C(=O)COc3ccccc3)CC2)C1. The van der Waals surface area contributed by atoms with Crippen LogP contribution in [0.15, 0.2) is 30.3 Å². The number of rotatable bonds is 7. The molecule has 0 aromatic heterocycles. The van der Waals surface area contributed by atoms with Crippen molar-refractivity contribution in [2.75, 3.05) is 46.6 Å². The molecule has 1 spiro atoms. The van der Waals surface area contributed by atoms with Gasteiger partial charge in [-0.3, -0.25) is 4.79 Å². The molecule has 0 aliphatic carbocycles. The second-order valence-corrected chi connectivity index (χ2v) is 6.99. The first-order valence-electron chi connectivity index (χ1n) is 9.41. The monoisotopic (exact) mass is 363 g/mol. The van der Waals surface area contributed by atoms with Crippen molar-refractivity contribution in [1.29, 1.82) is 0 Å². The second-order valence-electron chi connectivity index (χ2n) is 6.99. The fourth-order valence-corrected chi connectivity index (χ4v) is 3.69. The maximum Gasteiger partial charge on any atom is 0.260 e. The molecule has 144 valence electrons. The van der Waals surface area contributed by atoms with E-state index in [1.807, 2.05) is 35.2 Å². The molecule has 0 bridgehead atoms. The minimum absolute atomic E-state index is 0.0346. The summed E-state index contributed by atoms with van der Waals surface area (Å²) in [5.74, 6) is 0.758. The lowest BCUT2D eigenvalue weighted by Gasteiger charge is -2.46. The Morgan fingerprint density at radius 2 is 2.00 bits per heavy atom. The highest BCUT2D eigenvalue weighted by molar-refractivity contribution is 5.77. The normalized spacial score (nSPS) is 22.3. The van der Waals surface area contributed by atoms with Crippen LogP contribution in [0.2, 0.25) is 0 Å². The Morgan fingerprint density at radius 1 is 1.23 bits per heavy atom. The average Bonchev–Trinajstić information content (AvgIpc) is 2.68. The predicted molar refractivity (Wildman–Crippen MR) is 97.3 cm³/mol. The summed E-state index contributed by atoms with van der Waals surface area (Å²) in [6.45, 7) is 3.47. The van der Waals surface area contributed by atoms with Gasteiger partial charge in [0.15, 0.2) is 6.61 Å². The van der Waals surface area contributed by atoms with Crippen LogP contribution < -0.4 is 4.74 Å². The molecular weight excluding hydrogens is 334 g/mol. The van der Waals surface area contributed by atoms with E-state index in [9.17, 15) is 4.79 Å². The topological polar surface area (TPSA) is 57.2 Å². The highest BCUT2D eigenvalue weighted by Crippen LogP contribution is 2.36. The van der Waals surface area contributed by atoms with Gasteiger partial charge in [0.05, 0.1) is 24.9 Å². The Hall–Kier alpha value is -1.63. The van der Waals surface area contributed by atoms with Crippen molar-refractivity contribution in [3.05, 3.63) is 30.3 Å². The van der Waals surface area contributed by atoms with E-state index in [1.165, 1.54) is 0 Å². The molecule has 6 heteroatoms. The number of ether oxygens (including phenoxy) is 4. The van der Waals surface area contributed by atoms with Gasteiger partial charge in [0.2, 0.25) is 0 Å². The molecule has 2 fully saturated rings. The van der Waals surface area contributed by atoms with Gasteiger partial charge in [0.1, 0.15) is 5.75 Å². The minimum atomic E-state index is -0.146. The second kappa shape index (κ2) is 9.35. The summed E-state index contributed by atoms with van der Waals surface area (Å²) in [4.78, 5) is 14.3. The van der Waals surface area contributed by atoms with Crippen molar-refractivity contribution in [3.63, 3.8) is 0 Å². The van der Waals surface area contributed by atoms with Crippen LogP contribution in [-0.4, -0.2) is 69.1 Å². The average molecular weight is 363 g/mol. The van der Waals surface area contributed by atoms with Gasteiger partial charge in [-0.05, 0) is 31.4 Å². The number of para-hydroxylation sites is 1. The van der Waals surface area contributed by atoms with Crippen molar-refractivity contribution >= 4 is 5.91 Å². The third-order valence-electron chi connectivity index (χ3n) is 5.22. The van der Waals surface area contributed by atoms with Gasteiger partial charge in [-0.25, -0.2) is 0 Å². The van der Waals surface area contributed by atoms with E-state index in [1.54, 1.807) is 7.11 Å². The summed E-state index contributed by atoms with van der Waals surface area (Å²) in [6.07, 6.45) is 3.77. The summed E-state index contributed by atoms with van der Waals surface area (Å²) in [7, 11) is 1.68. The molecule has 1 aromatic rings. The lowest BCUT2D eigenvalue weighted by molar-refractivity contribution is -0.163. The summed E-state index contributed by atoms with van der Waals surface area (Å²) >= 11 is 0. The van der Waals surface area contributed by atoms with Gasteiger partial charge >= 0.3 is 0 Å². The van der Waals surface area contributed by atoms with Crippen LogP contribution in [0.5, 0.6) is 5.75 Å². The van der Waals surface area contributed by atoms with E-state index in [0.717, 1.165) is 38.0 Å². The molecule has 1 aromatic carbocycles. The number of hydrogen-bond acceptors (Lipinski definition) is 5. The third kappa shape index (κ3) is 5.19. The van der Waals surface area contributed by atoms with Crippen molar-refractivity contribution in [1.82, 2.24) is 4.90 Å². The molecular formula is C20H29NO5. The van der Waals surface area contributed by atoms with Crippen molar-refractivity contribution in [2.24, 2.45) is 0 Å². The van der Waals surface area contributed by atoms with Crippen LogP contribution in [0.3, 0.4) is 0 Å². The number of carbonyl (C=O) groups excluding carboxylic acids is 1. The maximum atomic E-state index is 12.4. The first-order valence-corrected chi connectivity index (χ1v) is 9.41. The number of methoxy groups -OCH3 is 1. The number of likely N-dealkylation sites (tertiary alicyclic amines) is 1. The quantitative estimate of drug-likeness (QED) is 0.696. The molecule has 1 unspecified atom stereocenters. The fourth-order valence-electron chi connectivity index (χ4n) is 3.69. The lowest BCUT2D eigenvalue weighted by Crippen LogP contribution is -2.52. The number of nitrogens with zero attached hydrogens (tertiary/aromatic N) is 1. The number of piperidine rings is 1. The van der Waals surface area contributed by atoms with E-state index >= 15 is 0 Å². The smallest absolute Gasteiger partial charge is 0.260 e. The summed E-state index contributed by atoms with van der Waals surface area (Å²) < 4.78 is 22.7. The molecule has 1 amide bonds. The van der Waals surface area contributed by atoms with Crippen LogP contribution in [-0.2, 0) is 19.0 Å². The summed E-state index contributed by atoms with van der Waals surface area (Å²) in [6, 6.07) is 9.44. The molecule has 2 aliphatic rings. The molecule has 6 nitrogen and oxygen atoms in total. The number of hydrogen-bond donors (Lipinski definition) is 0. The Morgan fingerprint density at radius 3 is 2.73 bits per heavy atom. The highest BCUT2D eigenvalue weighted by atomic mass is 16.5. The molecule has 0 radical (unpaired) electrons. The summed E-state index contributed by atoms with van der Waals surface area (Å²) in [5, 5.41) is 0.